The number of hydrogen-bond donors (Lipinski definition) is 1. The molecule has 0 saturated heterocycles. The number of amidine groups is 1. The minimum absolute atomic E-state index is 0.150. The maximum Gasteiger partial charge on any atom is 0.145 e. The normalized spacial score (nSPS) is 16.4. The van der Waals surface area contributed by atoms with Crippen molar-refractivity contribution in [3.63, 3.8) is 0 Å². The fourth-order valence-electron chi connectivity index (χ4n) is 2.34. The Labute approximate surface area is 121 Å². The summed E-state index contributed by atoms with van der Waals surface area (Å²) in [5.74, 6) is 0.110. The van der Waals surface area contributed by atoms with Crippen molar-refractivity contribution in [2.24, 2.45) is 9.98 Å². The summed E-state index contributed by atoms with van der Waals surface area (Å²) in [6, 6.07) is 13.7. The van der Waals surface area contributed by atoms with E-state index < -0.39 is 0 Å². The highest BCUT2D eigenvalue weighted by molar-refractivity contribution is 5.87. The molecular formula is C16H14FN3O. The van der Waals surface area contributed by atoms with Crippen LogP contribution in [0.3, 0.4) is 0 Å². The minimum Gasteiger partial charge on any atom is -0.288 e. The van der Waals surface area contributed by atoms with Gasteiger partial charge >= 0.3 is 0 Å². The van der Waals surface area contributed by atoms with Gasteiger partial charge in [-0.15, -0.1) is 0 Å². The van der Waals surface area contributed by atoms with Gasteiger partial charge in [0.15, 0.2) is 0 Å². The van der Waals surface area contributed by atoms with E-state index in [1.54, 1.807) is 13.1 Å². The molecule has 2 aromatic carbocycles. The van der Waals surface area contributed by atoms with Crippen LogP contribution in [0, 0.1) is 5.82 Å². The number of benzene rings is 2. The van der Waals surface area contributed by atoms with Gasteiger partial charge in [0.1, 0.15) is 18.2 Å². The summed E-state index contributed by atoms with van der Waals surface area (Å²) in [4.78, 5) is 8.43. The predicted octanol–water partition coefficient (Wildman–Crippen LogP) is 1.33. The minimum atomic E-state index is -0.373. The summed E-state index contributed by atoms with van der Waals surface area (Å²) in [5, 5.41) is 12.6. The Balaban J connectivity index is 2.42. The molecule has 1 aliphatic heterocycles. The molecule has 1 heterocycles. The van der Waals surface area contributed by atoms with Gasteiger partial charge in [-0.2, -0.15) is 0 Å². The molecule has 1 aliphatic rings. The highest BCUT2D eigenvalue weighted by atomic mass is 19.1. The van der Waals surface area contributed by atoms with E-state index in [1.807, 2.05) is 30.3 Å². The Morgan fingerprint density at radius 2 is 1.95 bits per heavy atom. The molecule has 0 aliphatic carbocycles. The zero-order valence-electron chi connectivity index (χ0n) is 11.5. The summed E-state index contributed by atoms with van der Waals surface area (Å²) in [5.41, 5.74) is 1.31. The molecule has 0 aromatic heterocycles. The number of aliphatic imine (C=N–C) groups is 1. The van der Waals surface area contributed by atoms with Crippen LogP contribution in [0.5, 0.6) is 0 Å². The number of rotatable bonds is 1. The van der Waals surface area contributed by atoms with E-state index in [9.17, 15) is 9.60 Å². The van der Waals surface area contributed by atoms with Crippen LogP contribution in [-0.4, -0.2) is 29.7 Å². The highest BCUT2D eigenvalue weighted by Gasteiger charge is 2.17. The van der Waals surface area contributed by atoms with E-state index in [1.165, 1.54) is 12.1 Å². The monoisotopic (exact) mass is 283 g/mol. The number of halogens is 1. The molecule has 0 bridgehead atoms. The van der Waals surface area contributed by atoms with E-state index in [4.69, 9.17) is 0 Å². The van der Waals surface area contributed by atoms with Crippen molar-refractivity contribution in [2.75, 3.05) is 13.6 Å². The molecular weight excluding hydrogens is 269 g/mol. The average Bonchev–Trinajstić information content (AvgIpc) is 2.63. The number of hydroxylamine groups is 2. The Bertz CT molecular complexity index is 815. The maximum absolute atomic E-state index is 13.6. The maximum atomic E-state index is 13.6. The zero-order valence-corrected chi connectivity index (χ0v) is 11.5. The van der Waals surface area contributed by atoms with Crippen molar-refractivity contribution in [1.29, 1.82) is 0 Å². The van der Waals surface area contributed by atoms with Crippen LogP contribution in [0.4, 0.5) is 4.39 Å². The van der Waals surface area contributed by atoms with E-state index in [0.717, 1.165) is 10.6 Å². The Morgan fingerprint density at radius 3 is 2.67 bits per heavy atom. The highest BCUT2D eigenvalue weighted by Crippen LogP contribution is 2.15. The molecule has 5 heteroatoms. The first-order chi connectivity index (χ1) is 10.2. The van der Waals surface area contributed by atoms with Gasteiger partial charge in [0.25, 0.3) is 0 Å². The Morgan fingerprint density at radius 1 is 1.19 bits per heavy atom. The molecule has 0 radical (unpaired) electrons. The summed E-state index contributed by atoms with van der Waals surface area (Å²) in [6.07, 6.45) is 0. The first-order valence-electron chi connectivity index (χ1n) is 6.55. The number of fused-ring (bicyclic) bond motifs is 1. The molecule has 0 fully saturated rings. The van der Waals surface area contributed by atoms with Gasteiger partial charge < -0.3 is 0 Å². The van der Waals surface area contributed by atoms with Gasteiger partial charge in [-0.05, 0) is 18.2 Å². The number of hydrogen-bond acceptors (Lipinski definition) is 3. The third-order valence-electron chi connectivity index (χ3n) is 3.32. The van der Waals surface area contributed by atoms with Crippen LogP contribution in [0.25, 0.3) is 5.70 Å². The van der Waals surface area contributed by atoms with Gasteiger partial charge in [0.2, 0.25) is 0 Å². The van der Waals surface area contributed by atoms with E-state index in [2.05, 4.69) is 9.98 Å². The molecule has 0 spiro atoms. The molecule has 4 nitrogen and oxygen atoms in total. The van der Waals surface area contributed by atoms with Crippen LogP contribution < -0.4 is 10.6 Å². The second-order valence-electron chi connectivity index (χ2n) is 4.69. The molecule has 3 rings (SSSR count). The largest absolute Gasteiger partial charge is 0.288 e. The fourth-order valence-corrected chi connectivity index (χ4v) is 2.34. The van der Waals surface area contributed by atoms with Crippen molar-refractivity contribution in [3.05, 3.63) is 70.5 Å². The number of nitrogens with zero attached hydrogens (tertiary/aromatic N) is 3. The SMILES string of the molecule is CN=C1CN(O)C(c2ccccc2)=c2cc(F)ccc2=N1. The topological polar surface area (TPSA) is 48.2 Å². The van der Waals surface area contributed by atoms with E-state index >= 15 is 0 Å². The van der Waals surface area contributed by atoms with Crippen molar-refractivity contribution in [2.45, 2.75) is 0 Å². The van der Waals surface area contributed by atoms with E-state index in [0.29, 0.717) is 22.1 Å². The van der Waals surface area contributed by atoms with Crippen LogP contribution in [0.1, 0.15) is 5.56 Å². The van der Waals surface area contributed by atoms with Crippen molar-refractivity contribution in [1.82, 2.24) is 5.06 Å². The Kier molecular flexibility index (Phi) is 3.50. The van der Waals surface area contributed by atoms with E-state index in [-0.39, 0.29) is 12.4 Å². The molecule has 2 aromatic rings. The van der Waals surface area contributed by atoms with Crippen LogP contribution in [0.15, 0.2) is 58.5 Å². The summed E-state index contributed by atoms with van der Waals surface area (Å²) in [7, 11) is 1.61. The molecule has 0 saturated carbocycles. The average molecular weight is 283 g/mol. The zero-order chi connectivity index (χ0) is 14.8. The lowest BCUT2D eigenvalue weighted by Gasteiger charge is -2.19. The van der Waals surface area contributed by atoms with Crippen LogP contribution >= 0.6 is 0 Å². The second kappa shape index (κ2) is 5.46. The predicted molar refractivity (Wildman–Crippen MR) is 78.0 cm³/mol. The van der Waals surface area contributed by atoms with Gasteiger partial charge in [0.05, 0.1) is 11.1 Å². The lowest BCUT2D eigenvalue weighted by molar-refractivity contribution is -0.0119. The van der Waals surface area contributed by atoms with Crippen LogP contribution in [-0.2, 0) is 0 Å². The standard InChI is InChI=1S/C16H14FN3O/c1-18-15-10-20(21)16(11-5-3-2-4-6-11)13-9-12(17)7-8-14(13)19-15/h2-9,21H,10H2,1H3. The van der Waals surface area contributed by atoms with Crippen molar-refractivity contribution in [3.8, 4) is 0 Å². The first kappa shape index (κ1) is 13.5. The quantitative estimate of drug-likeness (QED) is 0.858. The smallest absolute Gasteiger partial charge is 0.145 e. The molecule has 1 N–H and O–H groups in total. The molecule has 106 valence electrons. The molecule has 0 unspecified atom stereocenters. The first-order valence-corrected chi connectivity index (χ1v) is 6.55. The molecule has 21 heavy (non-hydrogen) atoms. The van der Waals surface area contributed by atoms with Gasteiger partial charge in [-0.25, -0.2) is 14.4 Å². The van der Waals surface area contributed by atoms with Gasteiger partial charge in [0, 0.05) is 17.8 Å². The second-order valence-corrected chi connectivity index (χ2v) is 4.69. The molecule has 0 amide bonds. The van der Waals surface area contributed by atoms with Crippen LogP contribution in [0.2, 0.25) is 0 Å². The van der Waals surface area contributed by atoms with Gasteiger partial charge in [-0.3, -0.25) is 10.2 Å². The molecule has 0 atom stereocenters. The lowest BCUT2D eigenvalue weighted by Crippen LogP contribution is -2.32. The summed E-state index contributed by atoms with van der Waals surface area (Å²) in [6.45, 7) is 0.150. The van der Waals surface area contributed by atoms with Gasteiger partial charge in [-0.1, -0.05) is 30.3 Å². The third-order valence-corrected chi connectivity index (χ3v) is 3.32. The fraction of sp³-hybridized carbons (Fsp3) is 0.125. The van der Waals surface area contributed by atoms with Crippen molar-refractivity contribution >= 4 is 11.5 Å². The summed E-state index contributed by atoms with van der Waals surface area (Å²) >= 11 is 0. The lowest BCUT2D eigenvalue weighted by atomic mass is 10.1. The third kappa shape index (κ3) is 2.55. The Hall–Kier alpha value is -2.53. The van der Waals surface area contributed by atoms with Crippen molar-refractivity contribution < 1.29 is 9.60 Å². The summed E-state index contributed by atoms with van der Waals surface area (Å²) < 4.78 is 13.6.